The van der Waals surface area contributed by atoms with E-state index in [1.54, 1.807) is 0 Å². The molecule has 0 radical (unpaired) electrons. The third-order valence-electron chi connectivity index (χ3n) is 3.38. The van der Waals surface area contributed by atoms with Crippen molar-refractivity contribution in [2.24, 2.45) is 5.41 Å². The molecule has 2 saturated heterocycles. The Morgan fingerprint density at radius 3 is 2.77 bits per heavy atom. The molecule has 0 unspecified atom stereocenters. The fraction of sp³-hybridized carbons (Fsp3) is 1.00. The highest BCUT2D eigenvalue weighted by Crippen LogP contribution is 2.45. The molecule has 2 rings (SSSR count). The molecule has 2 heterocycles. The van der Waals surface area contributed by atoms with Crippen molar-refractivity contribution in [2.45, 2.75) is 45.0 Å². The largest absolute Gasteiger partial charge is 0.373 e. The monoisotopic (exact) mass is 186 g/mol. The Labute approximate surface area is 79.0 Å². The first kappa shape index (κ1) is 9.44. The van der Waals surface area contributed by atoms with Crippen LogP contribution in [0.1, 0.15) is 33.1 Å². The molecule has 3 heteroatoms. The van der Waals surface area contributed by atoms with Gasteiger partial charge in [0.1, 0.15) is 6.10 Å². The number of fused-ring (bicyclic) bond motifs is 1. The maximum absolute atomic E-state index is 10.4. The van der Waals surface area contributed by atoms with Crippen LogP contribution in [0.3, 0.4) is 0 Å². The van der Waals surface area contributed by atoms with Crippen LogP contribution in [0, 0.1) is 5.41 Å². The minimum Gasteiger partial charge on any atom is -0.373 e. The van der Waals surface area contributed by atoms with Crippen molar-refractivity contribution in [3.63, 3.8) is 0 Å². The molecule has 3 nitrogen and oxygen atoms in total. The molecular weight excluding hydrogens is 168 g/mol. The first-order valence-electron chi connectivity index (χ1n) is 5.04. The smallest absolute Gasteiger partial charge is 0.197 e. The molecule has 0 spiro atoms. The van der Waals surface area contributed by atoms with Gasteiger partial charge in [0.25, 0.3) is 0 Å². The predicted molar refractivity (Wildman–Crippen MR) is 48.3 cm³/mol. The highest BCUT2D eigenvalue weighted by molar-refractivity contribution is 4.97. The summed E-state index contributed by atoms with van der Waals surface area (Å²) in [4.78, 5) is 0. The molecule has 0 aromatic rings. The minimum absolute atomic E-state index is 0.120. The Balaban J connectivity index is 2.24. The summed E-state index contributed by atoms with van der Waals surface area (Å²) >= 11 is 0. The molecule has 2 atom stereocenters. The van der Waals surface area contributed by atoms with Crippen molar-refractivity contribution in [3.8, 4) is 0 Å². The molecule has 0 aromatic heterocycles. The van der Waals surface area contributed by atoms with E-state index in [1.165, 1.54) is 0 Å². The normalized spacial score (nSPS) is 44.1. The molecule has 0 aliphatic carbocycles. The van der Waals surface area contributed by atoms with Crippen molar-refractivity contribution < 1.29 is 14.6 Å². The molecule has 1 N–H and O–H groups in total. The SMILES string of the molecule is CC1(C)CCO[C@@H]2CCCO[C@]21O. The zero-order valence-corrected chi connectivity index (χ0v) is 8.38. The van der Waals surface area contributed by atoms with E-state index in [4.69, 9.17) is 9.47 Å². The van der Waals surface area contributed by atoms with Crippen LogP contribution in [0.25, 0.3) is 0 Å². The van der Waals surface area contributed by atoms with Gasteiger partial charge in [-0.2, -0.15) is 0 Å². The molecule has 0 aromatic carbocycles. The van der Waals surface area contributed by atoms with Gasteiger partial charge in [-0.15, -0.1) is 0 Å². The fourth-order valence-corrected chi connectivity index (χ4v) is 2.25. The first-order valence-corrected chi connectivity index (χ1v) is 5.04. The van der Waals surface area contributed by atoms with Gasteiger partial charge in [-0.1, -0.05) is 13.8 Å². The minimum atomic E-state index is -1.05. The predicted octanol–water partition coefficient (Wildman–Crippen LogP) is 1.30. The average molecular weight is 186 g/mol. The number of ether oxygens (including phenoxy) is 2. The molecule has 0 bridgehead atoms. The van der Waals surface area contributed by atoms with Crippen molar-refractivity contribution in [1.29, 1.82) is 0 Å². The maximum atomic E-state index is 10.4. The quantitative estimate of drug-likeness (QED) is 0.619. The van der Waals surface area contributed by atoms with Gasteiger partial charge in [-0.3, -0.25) is 0 Å². The average Bonchev–Trinajstić information content (AvgIpc) is 2.06. The third-order valence-corrected chi connectivity index (χ3v) is 3.38. The molecule has 2 aliphatic rings. The van der Waals surface area contributed by atoms with E-state index in [0.29, 0.717) is 6.61 Å². The number of aliphatic hydroxyl groups is 1. The summed E-state index contributed by atoms with van der Waals surface area (Å²) in [6, 6.07) is 0. The molecular formula is C10H18O3. The van der Waals surface area contributed by atoms with Crippen molar-refractivity contribution in [3.05, 3.63) is 0 Å². The second-order valence-electron chi connectivity index (χ2n) is 4.68. The van der Waals surface area contributed by atoms with E-state index in [1.807, 2.05) is 13.8 Å². The summed E-state index contributed by atoms with van der Waals surface area (Å²) in [5.41, 5.74) is -0.184. The Morgan fingerprint density at radius 2 is 2.08 bits per heavy atom. The number of hydrogen-bond donors (Lipinski definition) is 1. The number of rotatable bonds is 0. The van der Waals surface area contributed by atoms with Crippen molar-refractivity contribution in [1.82, 2.24) is 0 Å². The zero-order valence-electron chi connectivity index (χ0n) is 8.38. The van der Waals surface area contributed by atoms with Gasteiger partial charge in [0.05, 0.1) is 6.61 Å². The van der Waals surface area contributed by atoms with Gasteiger partial charge < -0.3 is 14.6 Å². The summed E-state index contributed by atoms with van der Waals surface area (Å²) in [6.45, 7) is 5.49. The van der Waals surface area contributed by atoms with E-state index >= 15 is 0 Å². The summed E-state index contributed by atoms with van der Waals surface area (Å²) < 4.78 is 11.1. The fourth-order valence-electron chi connectivity index (χ4n) is 2.25. The third kappa shape index (κ3) is 1.30. The Hall–Kier alpha value is -0.120. The molecule has 0 amide bonds. The molecule has 76 valence electrons. The Bertz CT molecular complexity index is 200. The van der Waals surface area contributed by atoms with Crippen LogP contribution in [0.2, 0.25) is 0 Å². The van der Waals surface area contributed by atoms with E-state index in [0.717, 1.165) is 25.9 Å². The summed E-state index contributed by atoms with van der Waals surface area (Å²) in [7, 11) is 0. The highest BCUT2D eigenvalue weighted by Gasteiger charge is 2.54. The number of hydrogen-bond acceptors (Lipinski definition) is 3. The van der Waals surface area contributed by atoms with E-state index in [2.05, 4.69) is 0 Å². The lowest BCUT2D eigenvalue weighted by atomic mass is 9.74. The summed E-state index contributed by atoms with van der Waals surface area (Å²) in [5, 5.41) is 10.4. The van der Waals surface area contributed by atoms with Crippen LogP contribution < -0.4 is 0 Å². The topological polar surface area (TPSA) is 38.7 Å². The van der Waals surface area contributed by atoms with Gasteiger partial charge in [-0.05, 0) is 19.3 Å². The van der Waals surface area contributed by atoms with E-state index in [-0.39, 0.29) is 11.5 Å². The maximum Gasteiger partial charge on any atom is 0.197 e. The second kappa shape index (κ2) is 2.94. The lowest BCUT2D eigenvalue weighted by Crippen LogP contribution is -2.62. The van der Waals surface area contributed by atoms with Crippen LogP contribution in [-0.4, -0.2) is 30.2 Å². The van der Waals surface area contributed by atoms with Gasteiger partial charge >= 0.3 is 0 Å². The van der Waals surface area contributed by atoms with Gasteiger partial charge in [0, 0.05) is 12.0 Å². The van der Waals surface area contributed by atoms with Crippen LogP contribution >= 0.6 is 0 Å². The Kier molecular flexibility index (Phi) is 2.13. The Morgan fingerprint density at radius 1 is 1.31 bits per heavy atom. The summed E-state index contributed by atoms with van der Waals surface area (Å²) in [6.07, 6.45) is 2.65. The standard InChI is InChI=1S/C10H18O3/c1-9(2)5-7-12-8-4-3-6-13-10(8,9)11/h8,11H,3-7H2,1-2H3/t8-,10-/m1/s1. The van der Waals surface area contributed by atoms with Crippen molar-refractivity contribution >= 4 is 0 Å². The molecule has 0 saturated carbocycles. The highest BCUT2D eigenvalue weighted by atomic mass is 16.7. The van der Waals surface area contributed by atoms with Gasteiger partial charge in [-0.25, -0.2) is 0 Å². The van der Waals surface area contributed by atoms with Crippen LogP contribution in [0.15, 0.2) is 0 Å². The molecule has 2 aliphatic heterocycles. The molecule has 13 heavy (non-hydrogen) atoms. The van der Waals surface area contributed by atoms with Crippen molar-refractivity contribution in [2.75, 3.05) is 13.2 Å². The van der Waals surface area contributed by atoms with E-state index < -0.39 is 5.79 Å². The van der Waals surface area contributed by atoms with E-state index in [9.17, 15) is 5.11 Å². The van der Waals surface area contributed by atoms with Gasteiger partial charge in [0.2, 0.25) is 0 Å². The second-order valence-corrected chi connectivity index (χ2v) is 4.68. The molecule has 2 fully saturated rings. The van der Waals surface area contributed by atoms with Gasteiger partial charge in [0.15, 0.2) is 5.79 Å². The van der Waals surface area contributed by atoms with Crippen LogP contribution in [-0.2, 0) is 9.47 Å². The summed E-state index contributed by atoms with van der Waals surface area (Å²) in [5.74, 6) is -1.05. The first-order chi connectivity index (χ1) is 6.06. The zero-order chi connectivity index (χ0) is 9.53. The lowest BCUT2D eigenvalue weighted by Gasteiger charge is -2.52. The lowest BCUT2D eigenvalue weighted by molar-refractivity contribution is -0.356. The van der Waals surface area contributed by atoms with Crippen LogP contribution in [0.4, 0.5) is 0 Å². The van der Waals surface area contributed by atoms with Crippen LogP contribution in [0.5, 0.6) is 0 Å².